The average Bonchev–Trinajstić information content (AvgIpc) is 3.26. The first kappa shape index (κ1) is 20.9. The highest BCUT2D eigenvalue weighted by molar-refractivity contribution is 7.89. The normalized spacial score (nSPS) is 19.6. The van der Waals surface area contributed by atoms with Gasteiger partial charge in [0.25, 0.3) is 0 Å². The van der Waals surface area contributed by atoms with Crippen molar-refractivity contribution in [3.8, 4) is 0 Å². The lowest BCUT2D eigenvalue weighted by Gasteiger charge is -2.28. The summed E-state index contributed by atoms with van der Waals surface area (Å²) in [7, 11) is -3.65. The predicted octanol–water partition coefficient (Wildman–Crippen LogP) is 3.09. The number of carbonyl (C=O) groups is 1. The molecule has 30 heavy (non-hydrogen) atoms. The van der Waals surface area contributed by atoms with E-state index < -0.39 is 10.0 Å². The number of benzene rings is 2. The van der Waals surface area contributed by atoms with Crippen LogP contribution in [0.15, 0.2) is 53.4 Å². The summed E-state index contributed by atoms with van der Waals surface area (Å²) in [4.78, 5) is 12.6. The Hall–Kier alpha value is -2.36. The molecule has 1 aromatic heterocycles. The molecule has 9 heteroatoms. The second-order valence-electron chi connectivity index (χ2n) is 7.66. The van der Waals surface area contributed by atoms with Gasteiger partial charge in [0.2, 0.25) is 15.9 Å². The highest BCUT2D eigenvalue weighted by Gasteiger charge is 2.28. The van der Waals surface area contributed by atoms with E-state index in [9.17, 15) is 13.2 Å². The minimum absolute atomic E-state index is 0.00333. The number of fused-ring (bicyclic) bond motifs is 1. The Kier molecular flexibility index (Phi) is 6.40. The van der Waals surface area contributed by atoms with Crippen molar-refractivity contribution in [2.24, 2.45) is 11.8 Å². The number of aromatic nitrogens is 2. The average molecular weight is 445 g/mol. The van der Waals surface area contributed by atoms with Crippen LogP contribution < -0.4 is 10.0 Å². The van der Waals surface area contributed by atoms with Gasteiger partial charge < -0.3 is 5.32 Å². The number of sulfonamides is 1. The Morgan fingerprint density at radius 3 is 2.53 bits per heavy atom. The molecular weight excluding hydrogens is 420 g/mol. The van der Waals surface area contributed by atoms with Crippen LogP contribution in [0, 0.1) is 11.8 Å². The predicted molar refractivity (Wildman–Crippen MR) is 116 cm³/mol. The molecule has 3 aromatic rings. The fourth-order valence-electron chi connectivity index (χ4n) is 3.86. The molecule has 158 valence electrons. The van der Waals surface area contributed by atoms with E-state index in [-0.39, 0.29) is 22.6 Å². The summed E-state index contributed by atoms with van der Waals surface area (Å²) in [6, 6.07) is 14.8. The van der Waals surface area contributed by atoms with Gasteiger partial charge in [0.15, 0.2) is 0 Å². The molecule has 1 amide bonds. The minimum Gasteiger partial charge on any atom is -0.352 e. The number of nitrogens with zero attached hydrogens (tertiary/aromatic N) is 2. The monoisotopic (exact) mass is 444 g/mol. The van der Waals surface area contributed by atoms with Crippen LogP contribution in [-0.2, 0) is 21.4 Å². The lowest BCUT2D eigenvalue weighted by molar-refractivity contribution is -0.126. The quantitative estimate of drug-likeness (QED) is 0.583. The maximum Gasteiger partial charge on any atom is 0.242 e. The highest BCUT2D eigenvalue weighted by Crippen LogP contribution is 2.29. The van der Waals surface area contributed by atoms with Crippen LogP contribution in [0.4, 0.5) is 0 Å². The van der Waals surface area contributed by atoms with E-state index in [1.165, 1.54) is 0 Å². The highest BCUT2D eigenvalue weighted by atomic mass is 32.2. The fourth-order valence-corrected chi connectivity index (χ4v) is 5.74. The minimum atomic E-state index is -3.65. The van der Waals surface area contributed by atoms with Crippen molar-refractivity contribution in [1.29, 1.82) is 0 Å². The largest absolute Gasteiger partial charge is 0.352 e. The molecule has 1 aliphatic rings. The van der Waals surface area contributed by atoms with E-state index in [0.29, 0.717) is 24.1 Å². The topological polar surface area (TPSA) is 101 Å². The van der Waals surface area contributed by atoms with Crippen LogP contribution in [0.5, 0.6) is 0 Å². The zero-order valence-electron chi connectivity index (χ0n) is 16.5. The molecule has 0 unspecified atom stereocenters. The Labute approximate surface area is 180 Å². The molecule has 0 spiro atoms. The SMILES string of the molecule is O=C(NCc1ccccc1)C1CCC(CNS(=O)(=O)c2cccc3nsnc23)CC1. The van der Waals surface area contributed by atoms with E-state index in [0.717, 1.165) is 43.0 Å². The molecule has 7 nitrogen and oxygen atoms in total. The molecule has 1 heterocycles. The Morgan fingerprint density at radius 2 is 1.77 bits per heavy atom. The summed E-state index contributed by atoms with van der Waals surface area (Å²) < 4.78 is 36.4. The van der Waals surface area contributed by atoms with Crippen LogP contribution in [0.3, 0.4) is 0 Å². The fraction of sp³-hybridized carbons (Fsp3) is 0.381. The summed E-state index contributed by atoms with van der Waals surface area (Å²) in [6.45, 7) is 0.908. The molecule has 1 saturated carbocycles. The second kappa shape index (κ2) is 9.20. The van der Waals surface area contributed by atoms with Crippen molar-refractivity contribution in [3.05, 3.63) is 54.1 Å². The molecule has 0 radical (unpaired) electrons. The van der Waals surface area contributed by atoms with Crippen LogP contribution in [-0.4, -0.2) is 29.6 Å². The zero-order chi connectivity index (χ0) is 21.0. The summed E-state index contributed by atoms with van der Waals surface area (Å²) in [5, 5.41) is 3.01. The van der Waals surface area contributed by atoms with Gasteiger partial charge in [0.05, 0.1) is 11.7 Å². The summed E-state index contributed by atoms with van der Waals surface area (Å²) in [5.74, 6) is 0.308. The maximum atomic E-state index is 12.7. The van der Waals surface area contributed by atoms with Crippen molar-refractivity contribution < 1.29 is 13.2 Å². The lowest BCUT2D eigenvalue weighted by Crippen LogP contribution is -2.36. The molecule has 4 rings (SSSR count). The van der Waals surface area contributed by atoms with Gasteiger partial charge in [-0.2, -0.15) is 8.75 Å². The Morgan fingerprint density at radius 1 is 1.00 bits per heavy atom. The van der Waals surface area contributed by atoms with Gasteiger partial charge >= 0.3 is 0 Å². The van der Waals surface area contributed by atoms with Gasteiger partial charge in [0.1, 0.15) is 15.9 Å². The third-order valence-electron chi connectivity index (χ3n) is 5.63. The molecule has 2 aromatic carbocycles. The second-order valence-corrected chi connectivity index (χ2v) is 9.92. The Balaban J connectivity index is 1.26. The number of carbonyl (C=O) groups excluding carboxylic acids is 1. The van der Waals surface area contributed by atoms with Gasteiger partial charge in [-0.05, 0) is 49.3 Å². The van der Waals surface area contributed by atoms with Gasteiger partial charge in [-0.15, -0.1) is 0 Å². The number of hydrogen-bond donors (Lipinski definition) is 2. The molecule has 0 saturated heterocycles. The third kappa shape index (κ3) is 4.85. The number of hydrogen-bond acceptors (Lipinski definition) is 6. The molecular formula is C21H24N4O3S2. The Bertz CT molecular complexity index is 1110. The van der Waals surface area contributed by atoms with Crippen LogP contribution in [0.2, 0.25) is 0 Å². The van der Waals surface area contributed by atoms with Crippen molar-refractivity contribution in [2.75, 3.05) is 6.54 Å². The van der Waals surface area contributed by atoms with Crippen molar-refractivity contribution in [1.82, 2.24) is 18.8 Å². The first-order valence-electron chi connectivity index (χ1n) is 10.1. The van der Waals surface area contributed by atoms with E-state index >= 15 is 0 Å². The molecule has 0 aliphatic heterocycles. The van der Waals surface area contributed by atoms with Gasteiger partial charge in [-0.25, -0.2) is 13.1 Å². The number of amides is 1. The first-order valence-corrected chi connectivity index (χ1v) is 12.3. The maximum absolute atomic E-state index is 12.7. The summed E-state index contributed by atoms with van der Waals surface area (Å²) in [5.41, 5.74) is 2.08. The third-order valence-corrected chi connectivity index (χ3v) is 7.63. The van der Waals surface area contributed by atoms with Crippen LogP contribution in [0.25, 0.3) is 11.0 Å². The molecule has 0 bridgehead atoms. The van der Waals surface area contributed by atoms with E-state index in [1.807, 2.05) is 30.3 Å². The standard InChI is InChI=1S/C21H24N4O3S2/c26-21(22-13-15-5-2-1-3-6-15)17-11-9-16(10-12-17)14-23-30(27,28)19-8-4-7-18-20(19)25-29-24-18/h1-8,16-17,23H,9-14H2,(H,22,26). The number of rotatable bonds is 7. The van der Waals surface area contributed by atoms with Crippen LogP contribution in [0.1, 0.15) is 31.2 Å². The zero-order valence-corrected chi connectivity index (χ0v) is 18.1. The summed E-state index contributed by atoms with van der Waals surface area (Å²) >= 11 is 1.00. The molecule has 1 aliphatic carbocycles. The lowest BCUT2D eigenvalue weighted by atomic mass is 9.81. The van der Waals surface area contributed by atoms with E-state index in [2.05, 4.69) is 18.8 Å². The molecule has 0 atom stereocenters. The van der Waals surface area contributed by atoms with Crippen LogP contribution >= 0.6 is 11.7 Å². The van der Waals surface area contributed by atoms with Gasteiger partial charge in [0, 0.05) is 19.0 Å². The first-order chi connectivity index (χ1) is 14.5. The smallest absolute Gasteiger partial charge is 0.242 e. The van der Waals surface area contributed by atoms with Gasteiger partial charge in [-0.3, -0.25) is 4.79 Å². The summed E-state index contributed by atoms with van der Waals surface area (Å²) in [6.07, 6.45) is 3.21. The van der Waals surface area contributed by atoms with Crippen molar-refractivity contribution in [2.45, 2.75) is 37.1 Å². The van der Waals surface area contributed by atoms with Gasteiger partial charge in [-0.1, -0.05) is 36.4 Å². The van der Waals surface area contributed by atoms with Crippen molar-refractivity contribution in [3.63, 3.8) is 0 Å². The molecule has 1 fully saturated rings. The molecule has 2 N–H and O–H groups in total. The number of nitrogens with one attached hydrogen (secondary N) is 2. The van der Waals surface area contributed by atoms with E-state index in [4.69, 9.17) is 0 Å². The van der Waals surface area contributed by atoms with Crippen molar-refractivity contribution >= 4 is 38.7 Å². The van der Waals surface area contributed by atoms with E-state index in [1.54, 1.807) is 18.2 Å².